The molecule has 1 saturated heterocycles. The number of carbonyl (C=O) groups is 2. The van der Waals surface area contributed by atoms with Crippen molar-refractivity contribution in [2.45, 2.75) is 23.8 Å². The van der Waals surface area contributed by atoms with E-state index < -0.39 is 27.9 Å². The quantitative estimate of drug-likeness (QED) is 0.885. The Kier molecular flexibility index (Phi) is 4.73. The summed E-state index contributed by atoms with van der Waals surface area (Å²) in [6.45, 7) is 0. The first-order valence-corrected chi connectivity index (χ1v) is 9.31. The Labute approximate surface area is 150 Å². The number of anilines is 1. The van der Waals surface area contributed by atoms with Crippen LogP contribution in [-0.4, -0.2) is 30.6 Å². The second-order valence-electron chi connectivity index (χ2n) is 5.74. The summed E-state index contributed by atoms with van der Waals surface area (Å²) in [5.41, 5.74) is 0.726. The van der Waals surface area contributed by atoms with Crippen LogP contribution in [0.3, 0.4) is 0 Å². The first kappa shape index (κ1) is 17.6. The van der Waals surface area contributed by atoms with Crippen LogP contribution < -0.4 is 5.32 Å². The summed E-state index contributed by atoms with van der Waals surface area (Å²) in [5, 5.41) is 11.5. The summed E-state index contributed by atoms with van der Waals surface area (Å²) >= 11 is 0. The molecule has 1 aliphatic heterocycles. The van der Waals surface area contributed by atoms with Crippen molar-refractivity contribution in [2.24, 2.45) is 0 Å². The fourth-order valence-electron chi connectivity index (χ4n) is 2.80. The molecular formula is C18H15N3O4S. The van der Waals surface area contributed by atoms with E-state index in [1.54, 1.807) is 36.4 Å². The first-order chi connectivity index (χ1) is 12.4. The number of sulfonamides is 1. The molecule has 1 fully saturated rings. The molecule has 1 N–H and O–H groups in total. The molecule has 1 unspecified atom stereocenters. The van der Waals surface area contributed by atoms with Gasteiger partial charge < -0.3 is 5.32 Å². The molecule has 0 aliphatic carbocycles. The molecule has 0 saturated carbocycles. The van der Waals surface area contributed by atoms with Gasteiger partial charge in [0.25, 0.3) is 10.0 Å². The van der Waals surface area contributed by atoms with Gasteiger partial charge in [-0.3, -0.25) is 9.59 Å². The van der Waals surface area contributed by atoms with Crippen molar-refractivity contribution < 1.29 is 18.0 Å². The number of carbonyl (C=O) groups excluding carboxylic acids is 2. The Morgan fingerprint density at radius 1 is 1.15 bits per heavy atom. The molecule has 3 rings (SSSR count). The molecule has 26 heavy (non-hydrogen) atoms. The van der Waals surface area contributed by atoms with Gasteiger partial charge in [0.2, 0.25) is 11.8 Å². The van der Waals surface area contributed by atoms with Crippen LogP contribution >= 0.6 is 0 Å². The minimum Gasteiger partial charge on any atom is -0.324 e. The van der Waals surface area contributed by atoms with E-state index in [4.69, 9.17) is 5.26 Å². The van der Waals surface area contributed by atoms with E-state index >= 15 is 0 Å². The van der Waals surface area contributed by atoms with Crippen LogP contribution in [0.1, 0.15) is 18.4 Å². The number of nitriles is 1. The monoisotopic (exact) mass is 369 g/mol. The third-order valence-electron chi connectivity index (χ3n) is 4.02. The molecular weight excluding hydrogens is 354 g/mol. The van der Waals surface area contributed by atoms with E-state index in [2.05, 4.69) is 5.32 Å². The van der Waals surface area contributed by atoms with E-state index in [1.807, 2.05) is 6.07 Å². The van der Waals surface area contributed by atoms with Crippen LogP contribution in [0.5, 0.6) is 0 Å². The average molecular weight is 369 g/mol. The number of hydrogen-bond donors (Lipinski definition) is 1. The summed E-state index contributed by atoms with van der Waals surface area (Å²) in [6, 6.07) is 14.6. The van der Waals surface area contributed by atoms with Crippen molar-refractivity contribution in [3.8, 4) is 6.07 Å². The molecule has 1 heterocycles. The van der Waals surface area contributed by atoms with Gasteiger partial charge in [-0.25, -0.2) is 12.7 Å². The molecule has 132 valence electrons. The standard InChI is InChI=1S/C18H15N3O4S/c19-12-13-5-4-6-14(11-13)20-18(23)16-9-10-17(22)21(16)26(24,25)15-7-2-1-3-8-15/h1-8,11,16H,9-10H2,(H,20,23). The molecule has 0 radical (unpaired) electrons. The molecule has 0 bridgehead atoms. The largest absolute Gasteiger partial charge is 0.324 e. The molecule has 1 aliphatic rings. The normalized spacial score (nSPS) is 17.0. The van der Waals surface area contributed by atoms with Crippen LogP contribution in [0.2, 0.25) is 0 Å². The van der Waals surface area contributed by atoms with Crippen LogP contribution in [0.4, 0.5) is 5.69 Å². The highest BCUT2D eigenvalue weighted by atomic mass is 32.2. The zero-order valence-electron chi connectivity index (χ0n) is 13.6. The lowest BCUT2D eigenvalue weighted by Gasteiger charge is -2.23. The van der Waals surface area contributed by atoms with Crippen LogP contribution in [0.15, 0.2) is 59.5 Å². The molecule has 2 aromatic carbocycles. The fourth-order valence-corrected chi connectivity index (χ4v) is 4.42. The first-order valence-electron chi connectivity index (χ1n) is 7.87. The van der Waals surface area contributed by atoms with Gasteiger partial charge in [-0.2, -0.15) is 5.26 Å². The summed E-state index contributed by atoms with van der Waals surface area (Å²) in [4.78, 5) is 24.7. The van der Waals surface area contributed by atoms with Crippen LogP contribution in [0, 0.1) is 11.3 Å². The van der Waals surface area contributed by atoms with Gasteiger partial charge >= 0.3 is 0 Å². The number of hydrogen-bond acceptors (Lipinski definition) is 5. The average Bonchev–Trinajstić information content (AvgIpc) is 3.05. The van der Waals surface area contributed by atoms with Crippen molar-refractivity contribution in [3.63, 3.8) is 0 Å². The maximum atomic E-state index is 12.8. The maximum absolute atomic E-state index is 12.8. The van der Waals surface area contributed by atoms with Gasteiger partial charge in [-0.15, -0.1) is 0 Å². The molecule has 8 heteroatoms. The zero-order chi connectivity index (χ0) is 18.7. The smallest absolute Gasteiger partial charge is 0.267 e. The predicted octanol–water partition coefficient (Wildman–Crippen LogP) is 1.88. The van der Waals surface area contributed by atoms with Crippen molar-refractivity contribution >= 4 is 27.5 Å². The van der Waals surface area contributed by atoms with Crippen LogP contribution in [-0.2, 0) is 19.6 Å². The minimum absolute atomic E-state index is 0.0254. The Balaban J connectivity index is 1.88. The highest BCUT2D eigenvalue weighted by Gasteiger charge is 2.44. The number of benzene rings is 2. The van der Waals surface area contributed by atoms with Crippen molar-refractivity contribution in [2.75, 3.05) is 5.32 Å². The van der Waals surface area contributed by atoms with E-state index in [0.717, 1.165) is 0 Å². The number of nitrogens with zero attached hydrogens (tertiary/aromatic N) is 2. The van der Waals surface area contributed by atoms with E-state index in [1.165, 1.54) is 18.2 Å². The number of nitrogens with one attached hydrogen (secondary N) is 1. The molecule has 0 aromatic heterocycles. The summed E-state index contributed by atoms with van der Waals surface area (Å²) in [5.74, 6) is -1.22. The van der Waals surface area contributed by atoms with E-state index in [-0.39, 0.29) is 17.7 Å². The second-order valence-corrected chi connectivity index (χ2v) is 7.56. The van der Waals surface area contributed by atoms with Gasteiger partial charge in [0.15, 0.2) is 0 Å². The molecule has 0 spiro atoms. The number of amides is 2. The predicted molar refractivity (Wildman–Crippen MR) is 93.3 cm³/mol. The zero-order valence-corrected chi connectivity index (χ0v) is 14.4. The topological polar surface area (TPSA) is 107 Å². The minimum atomic E-state index is -4.12. The lowest BCUT2D eigenvalue weighted by Crippen LogP contribution is -2.45. The third kappa shape index (κ3) is 3.30. The molecule has 7 nitrogen and oxygen atoms in total. The molecule has 1 atom stereocenters. The van der Waals surface area contributed by atoms with Gasteiger partial charge in [-0.05, 0) is 36.8 Å². The molecule has 2 aromatic rings. The molecule has 2 amide bonds. The number of rotatable bonds is 4. The van der Waals surface area contributed by atoms with Gasteiger partial charge in [0.05, 0.1) is 16.5 Å². The Morgan fingerprint density at radius 3 is 2.58 bits per heavy atom. The SMILES string of the molecule is N#Cc1cccc(NC(=O)C2CCC(=O)N2S(=O)(=O)c2ccccc2)c1. The lowest BCUT2D eigenvalue weighted by molar-refractivity contribution is -0.128. The summed E-state index contributed by atoms with van der Waals surface area (Å²) in [6.07, 6.45) is 0.0804. The van der Waals surface area contributed by atoms with E-state index in [9.17, 15) is 18.0 Å². The lowest BCUT2D eigenvalue weighted by atomic mass is 10.2. The Morgan fingerprint density at radius 2 is 1.88 bits per heavy atom. The summed E-state index contributed by atoms with van der Waals surface area (Å²) < 4.78 is 26.2. The maximum Gasteiger partial charge on any atom is 0.267 e. The Bertz CT molecular complexity index is 997. The van der Waals surface area contributed by atoms with Gasteiger partial charge in [0.1, 0.15) is 6.04 Å². The van der Waals surface area contributed by atoms with Crippen molar-refractivity contribution in [1.29, 1.82) is 5.26 Å². The van der Waals surface area contributed by atoms with Crippen LogP contribution in [0.25, 0.3) is 0 Å². The van der Waals surface area contributed by atoms with Gasteiger partial charge in [0, 0.05) is 12.1 Å². The van der Waals surface area contributed by atoms with Gasteiger partial charge in [-0.1, -0.05) is 24.3 Å². The Hall–Kier alpha value is -3.18. The summed E-state index contributed by atoms with van der Waals surface area (Å²) in [7, 11) is -4.12. The van der Waals surface area contributed by atoms with E-state index in [0.29, 0.717) is 15.6 Å². The fraction of sp³-hybridized carbons (Fsp3) is 0.167. The second kappa shape index (κ2) is 6.98. The van der Waals surface area contributed by atoms with Crippen molar-refractivity contribution in [3.05, 3.63) is 60.2 Å². The third-order valence-corrected chi connectivity index (χ3v) is 5.87. The van der Waals surface area contributed by atoms with Crippen molar-refractivity contribution in [1.82, 2.24) is 4.31 Å². The highest BCUT2D eigenvalue weighted by Crippen LogP contribution is 2.28. The highest BCUT2D eigenvalue weighted by molar-refractivity contribution is 7.89.